The summed E-state index contributed by atoms with van der Waals surface area (Å²) in [6, 6.07) is 8.50. The standard InChI is InChI=1S/C16H15N5S/c1-20(8-11-9-22-14-6-4-3-5-12(11)14)15-13-7-19-21(2)16(13)18-10-17-15/h3-7,9-10H,8H2,1-2H3. The molecule has 0 bridgehead atoms. The average molecular weight is 309 g/mol. The number of hydrogen-bond acceptors (Lipinski definition) is 5. The van der Waals surface area contributed by atoms with Crippen molar-refractivity contribution < 1.29 is 0 Å². The van der Waals surface area contributed by atoms with Gasteiger partial charge >= 0.3 is 0 Å². The number of anilines is 1. The van der Waals surface area contributed by atoms with E-state index in [-0.39, 0.29) is 0 Å². The highest BCUT2D eigenvalue weighted by atomic mass is 32.1. The summed E-state index contributed by atoms with van der Waals surface area (Å²) in [4.78, 5) is 10.9. The van der Waals surface area contributed by atoms with Gasteiger partial charge < -0.3 is 4.90 Å². The summed E-state index contributed by atoms with van der Waals surface area (Å²) in [5, 5.41) is 8.79. The van der Waals surface area contributed by atoms with Gasteiger partial charge in [0.25, 0.3) is 0 Å². The fraction of sp³-hybridized carbons (Fsp3) is 0.188. The van der Waals surface area contributed by atoms with E-state index in [4.69, 9.17) is 0 Å². The molecule has 1 aromatic carbocycles. The van der Waals surface area contributed by atoms with Crippen molar-refractivity contribution in [3.8, 4) is 0 Å². The molecule has 0 aliphatic carbocycles. The van der Waals surface area contributed by atoms with Crippen molar-refractivity contribution >= 4 is 38.3 Å². The van der Waals surface area contributed by atoms with Crippen LogP contribution in [0.25, 0.3) is 21.1 Å². The molecule has 4 aromatic rings. The van der Waals surface area contributed by atoms with Crippen LogP contribution in [0.5, 0.6) is 0 Å². The van der Waals surface area contributed by atoms with Crippen LogP contribution in [-0.2, 0) is 13.6 Å². The minimum atomic E-state index is 0.811. The van der Waals surface area contributed by atoms with Gasteiger partial charge in [-0.25, -0.2) is 9.97 Å². The van der Waals surface area contributed by atoms with Gasteiger partial charge in [0.05, 0.1) is 11.6 Å². The third-order valence-electron chi connectivity index (χ3n) is 3.84. The quantitative estimate of drug-likeness (QED) is 0.583. The van der Waals surface area contributed by atoms with Crippen LogP contribution in [0.4, 0.5) is 5.82 Å². The van der Waals surface area contributed by atoms with E-state index >= 15 is 0 Å². The van der Waals surface area contributed by atoms with E-state index in [9.17, 15) is 0 Å². The van der Waals surface area contributed by atoms with Gasteiger partial charge in [0.2, 0.25) is 0 Å². The van der Waals surface area contributed by atoms with Crippen molar-refractivity contribution in [1.29, 1.82) is 0 Å². The first-order chi connectivity index (χ1) is 10.7. The molecular weight excluding hydrogens is 294 g/mol. The van der Waals surface area contributed by atoms with Gasteiger partial charge in [-0.3, -0.25) is 4.68 Å². The molecule has 0 fully saturated rings. The van der Waals surface area contributed by atoms with Crippen LogP contribution in [0.1, 0.15) is 5.56 Å². The molecule has 3 aromatic heterocycles. The molecule has 0 aliphatic rings. The summed E-state index contributed by atoms with van der Waals surface area (Å²) >= 11 is 1.78. The lowest BCUT2D eigenvalue weighted by Gasteiger charge is -2.18. The minimum absolute atomic E-state index is 0.811. The molecule has 0 aliphatic heterocycles. The Hall–Kier alpha value is -2.47. The first-order valence-corrected chi connectivity index (χ1v) is 7.91. The molecule has 6 heteroatoms. The number of nitrogens with zero attached hydrogens (tertiary/aromatic N) is 5. The molecule has 0 saturated carbocycles. The molecule has 0 unspecified atom stereocenters. The number of hydrogen-bond donors (Lipinski definition) is 0. The second-order valence-electron chi connectivity index (χ2n) is 5.32. The normalized spacial score (nSPS) is 11.4. The Labute approximate surface area is 131 Å². The Kier molecular flexibility index (Phi) is 3.04. The Balaban J connectivity index is 1.73. The Morgan fingerprint density at radius 2 is 2.05 bits per heavy atom. The summed E-state index contributed by atoms with van der Waals surface area (Å²) in [6.07, 6.45) is 3.43. The van der Waals surface area contributed by atoms with E-state index in [0.717, 1.165) is 23.4 Å². The van der Waals surface area contributed by atoms with Crippen molar-refractivity contribution in [1.82, 2.24) is 19.7 Å². The third kappa shape index (κ3) is 2.03. The fourth-order valence-electron chi connectivity index (χ4n) is 2.74. The molecule has 0 atom stereocenters. The fourth-order valence-corrected chi connectivity index (χ4v) is 3.69. The zero-order chi connectivity index (χ0) is 15.1. The molecule has 110 valence electrons. The van der Waals surface area contributed by atoms with E-state index < -0.39 is 0 Å². The molecular formula is C16H15N5S. The van der Waals surface area contributed by atoms with Crippen molar-refractivity contribution in [3.05, 3.63) is 47.7 Å². The Bertz CT molecular complexity index is 955. The number of rotatable bonds is 3. The molecule has 0 spiro atoms. The summed E-state index contributed by atoms with van der Waals surface area (Å²) in [5.74, 6) is 0.911. The molecule has 5 nitrogen and oxygen atoms in total. The highest BCUT2D eigenvalue weighted by Crippen LogP contribution is 2.28. The zero-order valence-electron chi connectivity index (χ0n) is 12.4. The number of thiophene rings is 1. The van der Waals surface area contributed by atoms with Gasteiger partial charge in [-0.05, 0) is 22.4 Å². The average Bonchev–Trinajstić information content (AvgIpc) is 3.12. The van der Waals surface area contributed by atoms with Crippen LogP contribution in [0.2, 0.25) is 0 Å². The lowest BCUT2D eigenvalue weighted by molar-refractivity contribution is 0.785. The lowest BCUT2D eigenvalue weighted by Crippen LogP contribution is -2.17. The van der Waals surface area contributed by atoms with E-state index in [2.05, 4.69) is 56.7 Å². The Morgan fingerprint density at radius 3 is 2.95 bits per heavy atom. The first-order valence-electron chi connectivity index (χ1n) is 7.03. The molecule has 0 amide bonds. The van der Waals surface area contributed by atoms with E-state index in [1.807, 2.05) is 13.2 Å². The third-order valence-corrected chi connectivity index (χ3v) is 4.85. The van der Waals surface area contributed by atoms with Crippen molar-refractivity contribution in [2.45, 2.75) is 6.54 Å². The SMILES string of the molecule is CN(Cc1csc2ccccc12)c1ncnc2c1cnn2C. The van der Waals surface area contributed by atoms with Gasteiger partial charge in [0, 0.05) is 25.3 Å². The monoisotopic (exact) mass is 309 g/mol. The van der Waals surface area contributed by atoms with Crippen LogP contribution >= 0.6 is 11.3 Å². The zero-order valence-corrected chi connectivity index (χ0v) is 13.2. The Morgan fingerprint density at radius 1 is 1.18 bits per heavy atom. The predicted molar refractivity (Wildman–Crippen MR) is 90.2 cm³/mol. The van der Waals surface area contributed by atoms with Crippen LogP contribution in [0.3, 0.4) is 0 Å². The first kappa shape index (κ1) is 13.2. The lowest BCUT2D eigenvalue weighted by atomic mass is 10.1. The molecule has 0 saturated heterocycles. The summed E-state index contributed by atoms with van der Waals surface area (Å²) < 4.78 is 3.09. The highest BCUT2D eigenvalue weighted by molar-refractivity contribution is 7.17. The predicted octanol–water partition coefficient (Wildman–Crippen LogP) is 3.21. The van der Waals surface area contributed by atoms with Gasteiger partial charge in [0.15, 0.2) is 5.65 Å². The van der Waals surface area contributed by atoms with Gasteiger partial charge in [0.1, 0.15) is 12.1 Å². The van der Waals surface area contributed by atoms with Crippen molar-refractivity contribution in [2.75, 3.05) is 11.9 Å². The molecule has 0 radical (unpaired) electrons. The van der Waals surface area contributed by atoms with Crippen LogP contribution < -0.4 is 4.90 Å². The second kappa shape index (κ2) is 5.06. The number of fused-ring (bicyclic) bond motifs is 2. The molecule has 4 rings (SSSR count). The van der Waals surface area contributed by atoms with Crippen LogP contribution in [-0.4, -0.2) is 26.8 Å². The van der Waals surface area contributed by atoms with Crippen molar-refractivity contribution in [3.63, 3.8) is 0 Å². The second-order valence-corrected chi connectivity index (χ2v) is 6.23. The largest absolute Gasteiger partial charge is 0.355 e. The van der Waals surface area contributed by atoms with Crippen LogP contribution in [0.15, 0.2) is 42.2 Å². The molecule has 0 N–H and O–H groups in total. The number of benzene rings is 1. The van der Waals surface area contributed by atoms with E-state index in [0.29, 0.717) is 0 Å². The van der Waals surface area contributed by atoms with Gasteiger partial charge in [-0.2, -0.15) is 5.10 Å². The smallest absolute Gasteiger partial charge is 0.163 e. The van der Waals surface area contributed by atoms with Gasteiger partial charge in [-0.1, -0.05) is 18.2 Å². The van der Waals surface area contributed by atoms with E-state index in [1.165, 1.54) is 15.6 Å². The maximum Gasteiger partial charge on any atom is 0.163 e. The minimum Gasteiger partial charge on any atom is -0.355 e. The number of aryl methyl sites for hydroxylation is 1. The summed E-state index contributed by atoms with van der Waals surface area (Å²) in [6.45, 7) is 0.811. The molecule has 22 heavy (non-hydrogen) atoms. The maximum atomic E-state index is 4.45. The topological polar surface area (TPSA) is 46.8 Å². The molecule has 3 heterocycles. The summed E-state index contributed by atoms with van der Waals surface area (Å²) in [7, 11) is 3.95. The number of aromatic nitrogens is 4. The maximum absolute atomic E-state index is 4.45. The van der Waals surface area contributed by atoms with Crippen LogP contribution in [0, 0.1) is 0 Å². The highest BCUT2D eigenvalue weighted by Gasteiger charge is 2.13. The van der Waals surface area contributed by atoms with Gasteiger partial charge in [-0.15, -0.1) is 11.3 Å². The van der Waals surface area contributed by atoms with E-state index in [1.54, 1.807) is 22.3 Å². The summed E-state index contributed by atoms with van der Waals surface area (Å²) in [5.41, 5.74) is 2.17. The van der Waals surface area contributed by atoms with Crippen molar-refractivity contribution in [2.24, 2.45) is 7.05 Å².